The average molecular weight is 282 g/mol. The fourth-order valence-corrected chi connectivity index (χ4v) is 1.55. The van der Waals surface area contributed by atoms with Gasteiger partial charge in [0.1, 0.15) is 12.0 Å². The zero-order chi connectivity index (χ0) is 14.5. The van der Waals surface area contributed by atoms with Crippen molar-refractivity contribution in [2.75, 3.05) is 6.54 Å². The summed E-state index contributed by atoms with van der Waals surface area (Å²) in [7, 11) is 0. The van der Waals surface area contributed by atoms with E-state index in [2.05, 4.69) is 24.1 Å². The lowest BCUT2D eigenvalue weighted by molar-refractivity contribution is 0.328. The Labute approximate surface area is 115 Å². The molecule has 20 heavy (non-hydrogen) atoms. The third-order valence-electron chi connectivity index (χ3n) is 2.49. The summed E-state index contributed by atoms with van der Waals surface area (Å²) in [6, 6.07) is 3.23. The summed E-state index contributed by atoms with van der Waals surface area (Å²) in [5.74, 6) is -1.23. The van der Waals surface area contributed by atoms with Gasteiger partial charge in [-0.15, -0.1) is 0 Å². The molecular formula is C14H16F2N2O2. The van der Waals surface area contributed by atoms with Crippen LogP contribution in [0.3, 0.4) is 0 Å². The fourth-order valence-electron chi connectivity index (χ4n) is 1.55. The topological polar surface area (TPSA) is 47.3 Å². The van der Waals surface area contributed by atoms with E-state index in [4.69, 9.17) is 9.15 Å². The number of ether oxygens (including phenoxy) is 1. The van der Waals surface area contributed by atoms with Crippen LogP contribution in [0.4, 0.5) is 8.78 Å². The molecule has 0 spiro atoms. The van der Waals surface area contributed by atoms with E-state index in [1.54, 1.807) is 0 Å². The number of aromatic nitrogens is 1. The molecule has 2 rings (SSSR count). The van der Waals surface area contributed by atoms with E-state index in [9.17, 15) is 8.78 Å². The number of oxazole rings is 1. The Bertz CT molecular complexity index is 570. The smallest absolute Gasteiger partial charge is 0.399 e. The predicted octanol–water partition coefficient (Wildman–Crippen LogP) is 3.49. The van der Waals surface area contributed by atoms with Gasteiger partial charge >= 0.3 is 6.08 Å². The maximum Gasteiger partial charge on any atom is 0.399 e. The van der Waals surface area contributed by atoms with Crippen molar-refractivity contribution >= 4 is 0 Å². The number of halogens is 2. The summed E-state index contributed by atoms with van der Waals surface area (Å²) >= 11 is 0. The van der Waals surface area contributed by atoms with Crippen LogP contribution in [-0.4, -0.2) is 11.5 Å². The second-order valence-corrected chi connectivity index (χ2v) is 4.81. The van der Waals surface area contributed by atoms with E-state index < -0.39 is 11.6 Å². The Kier molecular flexibility index (Phi) is 4.68. The molecule has 4 nitrogen and oxygen atoms in total. The van der Waals surface area contributed by atoms with Crippen molar-refractivity contribution in [1.82, 2.24) is 10.3 Å². The van der Waals surface area contributed by atoms with Crippen LogP contribution in [0.1, 0.15) is 19.5 Å². The van der Waals surface area contributed by atoms with E-state index in [-0.39, 0.29) is 11.8 Å². The Morgan fingerprint density at radius 3 is 2.80 bits per heavy atom. The number of benzene rings is 1. The number of nitrogens with one attached hydrogen (secondary N) is 1. The van der Waals surface area contributed by atoms with Gasteiger partial charge in [-0.25, -0.2) is 8.78 Å². The lowest BCUT2D eigenvalue weighted by Crippen LogP contribution is -2.19. The largest absolute Gasteiger partial charge is 0.417 e. The first-order chi connectivity index (χ1) is 9.54. The third-order valence-corrected chi connectivity index (χ3v) is 2.49. The molecule has 1 aromatic carbocycles. The molecule has 1 aromatic heterocycles. The second-order valence-electron chi connectivity index (χ2n) is 4.81. The third kappa shape index (κ3) is 4.03. The summed E-state index contributed by atoms with van der Waals surface area (Å²) in [6.45, 7) is 5.63. The average Bonchev–Trinajstić information content (AvgIpc) is 2.81. The van der Waals surface area contributed by atoms with Crippen LogP contribution in [-0.2, 0) is 6.54 Å². The number of hydrogen-bond donors (Lipinski definition) is 1. The van der Waals surface area contributed by atoms with Crippen LogP contribution in [0.15, 0.2) is 28.9 Å². The molecule has 0 bridgehead atoms. The predicted molar refractivity (Wildman–Crippen MR) is 69.5 cm³/mol. The molecule has 0 atom stereocenters. The number of rotatable bonds is 6. The lowest BCUT2D eigenvalue weighted by Gasteiger charge is -2.04. The van der Waals surface area contributed by atoms with Gasteiger partial charge in [0.15, 0.2) is 11.6 Å². The maximum atomic E-state index is 13.0. The molecule has 0 aliphatic carbocycles. The van der Waals surface area contributed by atoms with Gasteiger partial charge < -0.3 is 14.5 Å². The van der Waals surface area contributed by atoms with E-state index in [1.807, 2.05) is 0 Å². The summed E-state index contributed by atoms with van der Waals surface area (Å²) in [5, 5.41) is 3.21. The van der Waals surface area contributed by atoms with Crippen molar-refractivity contribution in [3.05, 3.63) is 41.8 Å². The van der Waals surface area contributed by atoms with Gasteiger partial charge in [0.25, 0.3) is 0 Å². The molecule has 0 radical (unpaired) electrons. The van der Waals surface area contributed by atoms with E-state index in [0.29, 0.717) is 18.2 Å². The van der Waals surface area contributed by atoms with Crippen LogP contribution < -0.4 is 10.1 Å². The molecule has 0 unspecified atom stereocenters. The minimum Gasteiger partial charge on any atom is -0.417 e. The Morgan fingerprint density at radius 1 is 1.30 bits per heavy atom. The minimum absolute atomic E-state index is 0.00245. The molecule has 0 amide bonds. The number of nitrogens with zero attached hydrogens (tertiary/aromatic N) is 1. The van der Waals surface area contributed by atoms with Crippen LogP contribution >= 0.6 is 0 Å². The first-order valence-corrected chi connectivity index (χ1v) is 6.32. The molecule has 0 fully saturated rings. The molecule has 1 heterocycles. The van der Waals surface area contributed by atoms with E-state index in [1.165, 1.54) is 12.3 Å². The molecule has 2 aromatic rings. The van der Waals surface area contributed by atoms with Crippen LogP contribution in [0.25, 0.3) is 0 Å². The summed E-state index contributed by atoms with van der Waals surface area (Å²) in [6.07, 6.45) is 1.46. The number of hydrogen-bond acceptors (Lipinski definition) is 4. The van der Waals surface area contributed by atoms with E-state index in [0.717, 1.165) is 18.7 Å². The van der Waals surface area contributed by atoms with Gasteiger partial charge in [0.2, 0.25) is 0 Å². The fraction of sp³-hybridized carbons (Fsp3) is 0.357. The van der Waals surface area contributed by atoms with Gasteiger partial charge in [0, 0.05) is 12.6 Å². The summed E-state index contributed by atoms with van der Waals surface area (Å²) in [4.78, 5) is 4.09. The molecule has 0 saturated carbocycles. The van der Waals surface area contributed by atoms with Crippen LogP contribution in [0, 0.1) is 17.6 Å². The molecule has 0 aliphatic heterocycles. The zero-order valence-corrected chi connectivity index (χ0v) is 11.3. The van der Waals surface area contributed by atoms with Gasteiger partial charge in [-0.05, 0) is 24.6 Å². The van der Waals surface area contributed by atoms with Crippen LogP contribution in [0.2, 0.25) is 0 Å². The maximum absolute atomic E-state index is 13.0. The molecule has 1 N–H and O–H groups in total. The monoisotopic (exact) mass is 282 g/mol. The Balaban J connectivity index is 1.93. The lowest BCUT2D eigenvalue weighted by atomic mass is 10.2. The van der Waals surface area contributed by atoms with Gasteiger partial charge in [0.05, 0.1) is 5.69 Å². The molecule has 0 aliphatic rings. The first-order valence-electron chi connectivity index (χ1n) is 6.32. The highest BCUT2D eigenvalue weighted by Crippen LogP contribution is 2.22. The van der Waals surface area contributed by atoms with Gasteiger partial charge in [-0.3, -0.25) is 0 Å². The normalized spacial score (nSPS) is 11.1. The van der Waals surface area contributed by atoms with Gasteiger partial charge in [-0.1, -0.05) is 13.8 Å². The first kappa shape index (κ1) is 14.5. The van der Waals surface area contributed by atoms with Gasteiger partial charge in [-0.2, -0.15) is 4.98 Å². The quantitative estimate of drug-likeness (QED) is 0.881. The molecule has 6 heteroatoms. The van der Waals surface area contributed by atoms with Crippen molar-refractivity contribution in [3.63, 3.8) is 0 Å². The Hall–Kier alpha value is -1.95. The van der Waals surface area contributed by atoms with Crippen molar-refractivity contribution in [2.45, 2.75) is 20.4 Å². The van der Waals surface area contributed by atoms with Crippen molar-refractivity contribution in [1.29, 1.82) is 0 Å². The summed E-state index contributed by atoms with van der Waals surface area (Å²) < 4.78 is 36.1. The minimum atomic E-state index is -0.979. The van der Waals surface area contributed by atoms with Crippen LogP contribution in [0.5, 0.6) is 11.8 Å². The SMILES string of the molecule is CC(C)CNCc1coc(Oc2ccc(F)c(F)c2)n1. The molecule has 108 valence electrons. The van der Waals surface area contributed by atoms with Crippen molar-refractivity contribution in [2.24, 2.45) is 5.92 Å². The van der Waals surface area contributed by atoms with Crippen molar-refractivity contribution in [3.8, 4) is 11.8 Å². The Morgan fingerprint density at radius 2 is 2.10 bits per heavy atom. The van der Waals surface area contributed by atoms with E-state index >= 15 is 0 Å². The molecule has 0 saturated heterocycles. The highest BCUT2D eigenvalue weighted by Gasteiger charge is 2.09. The standard InChI is InChI=1S/C14H16F2N2O2/c1-9(2)6-17-7-10-8-19-14(18-10)20-11-3-4-12(15)13(16)5-11/h3-5,8-9,17H,6-7H2,1-2H3. The molecular weight excluding hydrogens is 266 g/mol. The van der Waals surface area contributed by atoms with Crippen molar-refractivity contribution < 1.29 is 17.9 Å². The highest BCUT2D eigenvalue weighted by atomic mass is 19.2. The highest BCUT2D eigenvalue weighted by molar-refractivity contribution is 5.25. The second kappa shape index (κ2) is 6.47. The summed E-state index contributed by atoms with van der Waals surface area (Å²) in [5.41, 5.74) is 0.684. The zero-order valence-electron chi connectivity index (χ0n) is 11.3.